The van der Waals surface area contributed by atoms with Crippen LogP contribution in [0.5, 0.6) is 11.6 Å². The Hall–Kier alpha value is -3.98. The van der Waals surface area contributed by atoms with Crippen LogP contribution < -0.4 is 14.8 Å². The molecule has 9 heteroatoms. The van der Waals surface area contributed by atoms with Crippen molar-refractivity contribution in [2.24, 2.45) is 0 Å². The number of benzene rings is 1. The number of carbonyl (C=O) groups is 2. The number of rotatable bonds is 11. The molecule has 3 aromatic rings. The van der Waals surface area contributed by atoms with E-state index in [1.807, 2.05) is 36.4 Å². The molecule has 0 saturated carbocycles. The first kappa shape index (κ1) is 24.7. The van der Waals surface area contributed by atoms with Crippen LogP contribution in [0.1, 0.15) is 39.9 Å². The zero-order chi connectivity index (χ0) is 24.3. The summed E-state index contributed by atoms with van der Waals surface area (Å²) in [6, 6.07) is 16.6. The molecule has 0 unspecified atom stereocenters. The van der Waals surface area contributed by atoms with E-state index in [1.54, 1.807) is 19.2 Å². The van der Waals surface area contributed by atoms with Crippen molar-refractivity contribution >= 4 is 11.9 Å². The number of pyridine rings is 2. The molecule has 0 saturated heterocycles. The van der Waals surface area contributed by atoms with Gasteiger partial charge in [-0.3, -0.25) is 9.78 Å². The fourth-order valence-corrected chi connectivity index (χ4v) is 3.11. The van der Waals surface area contributed by atoms with E-state index >= 15 is 0 Å². The molecular formula is C25H27N3O6. The number of nitrogens with one attached hydrogen (secondary N) is 1. The van der Waals surface area contributed by atoms with Gasteiger partial charge in [0, 0.05) is 26.1 Å². The molecule has 9 nitrogen and oxygen atoms in total. The lowest BCUT2D eigenvalue weighted by molar-refractivity contribution is -0.142. The Morgan fingerprint density at radius 1 is 0.912 bits per heavy atom. The molecule has 0 atom stereocenters. The van der Waals surface area contributed by atoms with Crippen LogP contribution in [0.2, 0.25) is 0 Å². The second-order valence-corrected chi connectivity index (χ2v) is 7.29. The molecule has 3 rings (SSSR count). The quantitative estimate of drug-likeness (QED) is 0.427. The summed E-state index contributed by atoms with van der Waals surface area (Å²) in [6.07, 6.45) is 0. The van der Waals surface area contributed by atoms with Crippen molar-refractivity contribution in [1.29, 1.82) is 0 Å². The van der Waals surface area contributed by atoms with Crippen LogP contribution >= 0.6 is 0 Å². The van der Waals surface area contributed by atoms with Crippen molar-refractivity contribution in [1.82, 2.24) is 15.3 Å². The minimum absolute atomic E-state index is 0.0396. The van der Waals surface area contributed by atoms with E-state index in [-0.39, 0.29) is 6.61 Å². The highest BCUT2D eigenvalue weighted by Gasteiger charge is 2.13. The van der Waals surface area contributed by atoms with Crippen LogP contribution in [0, 0.1) is 0 Å². The summed E-state index contributed by atoms with van der Waals surface area (Å²) in [5, 5.41) is 3.26. The second-order valence-electron chi connectivity index (χ2n) is 7.29. The molecule has 0 amide bonds. The third-order valence-electron chi connectivity index (χ3n) is 4.73. The highest BCUT2D eigenvalue weighted by molar-refractivity contribution is 5.89. The molecule has 0 fully saturated rings. The van der Waals surface area contributed by atoms with Crippen molar-refractivity contribution in [3.63, 3.8) is 0 Å². The van der Waals surface area contributed by atoms with Crippen LogP contribution in [0.4, 0.5) is 0 Å². The van der Waals surface area contributed by atoms with Gasteiger partial charge in [0.15, 0.2) is 0 Å². The third kappa shape index (κ3) is 7.28. The third-order valence-corrected chi connectivity index (χ3v) is 4.73. The summed E-state index contributed by atoms with van der Waals surface area (Å²) in [4.78, 5) is 32.1. The monoisotopic (exact) mass is 465 g/mol. The van der Waals surface area contributed by atoms with Crippen molar-refractivity contribution < 1.29 is 28.5 Å². The zero-order valence-corrected chi connectivity index (χ0v) is 19.4. The summed E-state index contributed by atoms with van der Waals surface area (Å²) < 4.78 is 21.1. The second kappa shape index (κ2) is 12.3. The molecule has 0 aliphatic carbocycles. The number of hydrogen-bond donors (Lipinski definition) is 1. The molecule has 34 heavy (non-hydrogen) atoms. The number of hydrogen-bond acceptors (Lipinski definition) is 9. The zero-order valence-electron chi connectivity index (χ0n) is 19.4. The summed E-state index contributed by atoms with van der Waals surface area (Å²) in [7, 11) is 2.86. The highest BCUT2D eigenvalue weighted by atomic mass is 16.5. The van der Waals surface area contributed by atoms with Gasteiger partial charge in [-0.1, -0.05) is 30.3 Å². The van der Waals surface area contributed by atoms with Gasteiger partial charge in [0.05, 0.1) is 31.2 Å². The topological polar surface area (TPSA) is 109 Å². The molecule has 1 aromatic carbocycles. The minimum Gasteiger partial charge on any atom is -0.487 e. The van der Waals surface area contributed by atoms with Crippen molar-refractivity contribution in [2.45, 2.75) is 33.2 Å². The van der Waals surface area contributed by atoms with Crippen molar-refractivity contribution in [3.8, 4) is 11.6 Å². The number of ether oxygens (including phenoxy) is 4. The molecule has 2 aromatic heterocycles. The first-order valence-electron chi connectivity index (χ1n) is 10.6. The normalized spacial score (nSPS) is 10.4. The Kier molecular flexibility index (Phi) is 8.93. The van der Waals surface area contributed by atoms with Crippen molar-refractivity contribution in [3.05, 3.63) is 82.8 Å². The molecule has 0 aliphatic heterocycles. The molecule has 1 N–H and O–H groups in total. The minimum atomic E-state index is -0.501. The van der Waals surface area contributed by atoms with E-state index in [0.717, 1.165) is 5.56 Å². The lowest BCUT2D eigenvalue weighted by atomic mass is 10.2. The average molecular weight is 466 g/mol. The van der Waals surface area contributed by atoms with Crippen molar-refractivity contribution in [2.75, 3.05) is 14.2 Å². The summed E-state index contributed by atoms with van der Waals surface area (Å²) in [5.74, 6) is 0.165. The first-order valence-corrected chi connectivity index (χ1v) is 10.6. The van der Waals surface area contributed by atoms with Crippen LogP contribution in [-0.4, -0.2) is 36.1 Å². The van der Waals surface area contributed by atoms with Gasteiger partial charge in [0.25, 0.3) is 0 Å². The maximum absolute atomic E-state index is 12.0. The number of methoxy groups -OCH3 is 2. The molecule has 0 spiro atoms. The molecule has 178 valence electrons. The SMILES string of the molecule is COC(=O)c1cc(CNCc2nc(OC)ccc2OCc2ccccc2)nc(COC(C)=O)c1. The molecule has 0 aliphatic rings. The van der Waals surface area contributed by atoms with Gasteiger partial charge >= 0.3 is 11.9 Å². The van der Waals surface area contributed by atoms with Gasteiger partial charge in [0.2, 0.25) is 5.88 Å². The number of nitrogens with zero attached hydrogens (tertiary/aromatic N) is 2. The van der Waals surface area contributed by atoms with E-state index in [9.17, 15) is 9.59 Å². The van der Waals surface area contributed by atoms with E-state index in [1.165, 1.54) is 20.1 Å². The predicted molar refractivity (Wildman–Crippen MR) is 123 cm³/mol. The van der Waals surface area contributed by atoms with Gasteiger partial charge in [-0.15, -0.1) is 0 Å². The number of carbonyl (C=O) groups excluding carboxylic acids is 2. The first-order chi connectivity index (χ1) is 16.5. The van der Waals surface area contributed by atoms with Crippen LogP contribution in [0.15, 0.2) is 54.6 Å². The maximum atomic E-state index is 12.0. The lowest BCUT2D eigenvalue weighted by Crippen LogP contribution is -2.17. The molecule has 2 heterocycles. The average Bonchev–Trinajstić information content (AvgIpc) is 2.86. The Morgan fingerprint density at radius 2 is 1.68 bits per heavy atom. The van der Waals surface area contributed by atoms with Gasteiger partial charge < -0.3 is 24.3 Å². The Labute approximate surface area is 198 Å². The summed E-state index contributed by atoms with van der Waals surface area (Å²) >= 11 is 0. The summed E-state index contributed by atoms with van der Waals surface area (Å²) in [6.45, 7) is 2.37. The highest BCUT2D eigenvalue weighted by Crippen LogP contribution is 2.22. The van der Waals surface area contributed by atoms with Crippen LogP contribution in [0.25, 0.3) is 0 Å². The van der Waals surface area contributed by atoms with Crippen LogP contribution in [-0.2, 0) is 40.6 Å². The summed E-state index contributed by atoms with van der Waals surface area (Å²) in [5.41, 5.74) is 3.06. The van der Waals surface area contributed by atoms with E-state index in [4.69, 9.17) is 18.9 Å². The van der Waals surface area contributed by atoms with Crippen LogP contribution in [0.3, 0.4) is 0 Å². The van der Waals surface area contributed by atoms with E-state index < -0.39 is 11.9 Å². The Balaban J connectivity index is 1.71. The van der Waals surface area contributed by atoms with E-state index in [0.29, 0.717) is 54.0 Å². The van der Waals surface area contributed by atoms with Gasteiger partial charge in [-0.2, -0.15) is 0 Å². The standard InChI is InChI=1S/C25H27N3O6/c1-17(29)33-16-21-12-19(25(30)32-3)11-20(27-21)13-26-14-22-23(9-10-24(28-22)31-2)34-15-18-7-5-4-6-8-18/h4-12,26H,13-16H2,1-3H3. The van der Waals surface area contributed by atoms with Gasteiger partial charge in [-0.25, -0.2) is 9.78 Å². The maximum Gasteiger partial charge on any atom is 0.337 e. The predicted octanol–water partition coefficient (Wildman–Crippen LogP) is 3.20. The lowest BCUT2D eigenvalue weighted by Gasteiger charge is -2.13. The number of esters is 2. The number of aromatic nitrogens is 2. The van der Waals surface area contributed by atoms with Gasteiger partial charge in [0.1, 0.15) is 24.7 Å². The van der Waals surface area contributed by atoms with E-state index in [2.05, 4.69) is 15.3 Å². The largest absolute Gasteiger partial charge is 0.487 e. The fourth-order valence-electron chi connectivity index (χ4n) is 3.11. The molecular weight excluding hydrogens is 438 g/mol. The molecule has 0 radical (unpaired) electrons. The Morgan fingerprint density at radius 3 is 2.38 bits per heavy atom. The smallest absolute Gasteiger partial charge is 0.337 e. The fraction of sp³-hybridized carbons (Fsp3) is 0.280. The Bertz CT molecular complexity index is 1120. The van der Waals surface area contributed by atoms with Gasteiger partial charge in [-0.05, 0) is 23.8 Å². The molecule has 0 bridgehead atoms.